The SMILES string of the molecule is CC(C)(C)OC(=O)N(CCCCO)CS(=O)(=O)O. The largest absolute Gasteiger partial charge is 0.444 e. The molecule has 0 rings (SSSR count). The molecular weight excluding hydrogens is 262 g/mol. The molecule has 0 aromatic rings. The maximum Gasteiger partial charge on any atom is 0.411 e. The summed E-state index contributed by atoms with van der Waals surface area (Å²) in [5, 5.41) is 8.63. The smallest absolute Gasteiger partial charge is 0.411 e. The zero-order valence-electron chi connectivity index (χ0n) is 10.9. The van der Waals surface area contributed by atoms with Gasteiger partial charge in [-0.05, 0) is 33.6 Å². The van der Waals surface area contributed by atoms with E-state index in [1.807, 2.05) is 0 Å². The van der Waals surface area contributed by atoms with Crippen molar-refractivity contribution in [3.63, 3.8) is 0 Å². The van der Waals surface area contributed by atoms with Gasteiger partial charge in [0.15, 0.2) is 5.88 Å². The van der Waals surface area contributed by atoms with Gasteiger partial charge in [-0.3, -0.25) is 9.45 Å². The van der Waals surface area contributed by atoms with Gasteiger partial charge in [-0.2, -0.15) is 8.42 Å². The van der Waals surface area contributed by atoms with Crippen LogP contribution in [0.25, 0.3) is 0 Å². The maximum absolute atomic E-state index is 11.7. The molecule has 0 aromatic heterocycles. The molecule has 0 aliphatic carbocycles. The lowest BCUT2D eigenvalue weighted by atomic mass is 10.2. The van der Waals surface area contributed by atoms with Crippen LogP contribution in [0.4, 0.5) is 4.79 Å². The Labute approximate surface area is 107 Å². The van der Waals surface area contributed by atoms with E-state index in [0.29, 0.717) is 12.8 Å². The number of ether oxygens (including phenoxy) is 1. The molecule has 0 fully saturated rings. The summed E-state index contributed by atoms with van der Waals surface area (Å²) >= 11 is 0. The molecular formula is C10H21NO6S. The van der Waals surface area contributed by atoms with Gasteiger partial charge in [0, 0.05) is 13.2 Å². The van der Waals surface area contributed by atoms with Gasteiger partial charge in [-0.25, -0.2) is 4.79 Å². The molecule has 0 saturated carbocycles. The molecule has 0 bridgehead atoms. The first-order valence-electron chi connectivity index (χ1n) is 5.59. The molecule has 8 heteroatoms. The molecule has 0 heterocycles. The van der Waals surface area contributed by atoms with Crippen LogP contribution in [0.1, 0.15) is 33.6 Å². The lowest BCUT2D eigenvalue weighted by Crippen LogP contribution is -2.40. The van der Waals surface area contributed by atoms with Crippen LogP contribution in [0.15, 0.2) is 0 Å². The first kappa shape index (κ1) is 17.1. The molecule has 1 amide bonds. The van der Waals surface area contributed by atoms with E-state index >= 15 is 0 Å². The Hall–Kier alpha value is -0.860. The third-order valence-electron chi connectivity index (χ3n) is 1.81. The van der Waals surface area contributed by atoms with Gasteiger partial charge in [-0.1, -0.05) is 0 Å². The van der Waals surface area contributed by atoms with Crippen LogP contribution in [0.5, 0.6) is 0 Å². The average molecular weight is 283 g/mol. The monoisotopic (exact) mass is 283 g/mol. The number of carbonyl (C=O) groups is 1. The van der Waals surface area contributed by atoms with Crippen molar-refractivity contribution >= 4 is 16.2 Å². The van der Waals surface area contributed by atoms with E-state index in [2.05, 4.69) is 0 Å². The number of unbranched alkanes of at least 4 members (excludes halogenated alkanes) is 1. The van der Waals surface area contributed by atoms with Crippen LogP contribution in [0.2, 0.25) is 0 Å². The molecule has 0 aliphatic rings. The second kappa shape index (κ2) is 6.91. The quantitative estimate of drug-likeness (QED) is 0.553. The topological polar surface area (TPSA) is 104 Å². The number of nitrogens with zero attached hydrogens (tertiary/aromatic N) is 1. The van der Waals surface area contributed by atoms with E-state index in [1.54, 1.807) is 20.8 Å². The first-order valence-corrected chi connectivity index (χ1v) is 7.20. The third-order valence-corrected chi connectivity index (χ3v) is 2.44. The Bertz CT molecular complexity index is 359. The molecule has 0 unspecified atom stereocenters. The highest BCUT2D eigenvalue weighted by Crippen LogP contribution is 2.11. The van der Waals surface area contributed by atoms with E-state index in [0.717, 1.165) is 4.90 Å². The summed E-state index contributed by atoms with van der Waals surface area (Å²) in [5.74, 6) is -0.812. The molecule has 0 saturated heterocycles. The number of carbonyl (C=O) groups excluding carboxylic acids is 1. The van der Waals surface area contributed by atoms with Crippen molar-refractivity contribution < 1.29 is 27.6 Å². The van der Waals surface area contributed by atoms with Crippen LogP contribution in [-0.2, 0) is 14.9 Å². The van der Waals surface area contributed by atoms with E-state index in [4.69, 9.17) is 14.4 Å². The first-order chi connectivity index (χ1) is 8.05. The molecule has 0 aliphatic heterocycles. The van der Waals surface area contributed by atoms with Crippen molar-refractivity contribution in [2.75, 3.05) is 19.0 Å². The summed E-state index contributed by atoms with van der Waals surface area (Å²) in [6, 6.07) is 0. The standard InChI is InChI=1S/C10H21NO6S/c1-10(2,3)17-9(13)11(6-4-5-7-12)8-18(14,15)16/h12H,4-8H2,1-3H3,(H,14,15,16). The summed E-state index contributed by atoms with van der Waals surface area (Å²) in [7, 11) is -4.30. The third kappa shape index (κ3) is 9.20. The highest BCUT2D eigenvalue weighted by atomic mass is 32.2. The molecule has 7 nitrogen and oxygen atoms in total. The fraction of sp³-hybridized carbons (Fsp3) is 0.900. The van der Waals surface area contributed by atoms with E-state index in [9.17, 15) is 13.2 Å². The van der Waals surface area contributed by atoms with E-state index < -0.39 is 27.7 Å². The number of aliphatic hydroxyl groups excluding tert-OH is 1. The van der Waals surface area contributed by atoms with Crippen LogP contribution < -0.4 is 0 Å². The van der Waals surface area contributed by atoms with Crippen LogP contribution in [0.3, 0.4) is 0 Å². The highest BCUT2D eigenvalue weighted by molar-refractivity contribution is 7.85. The second-order valence-corrected chi connectivity index (χ2v) is 6.31. The number of aliphatic hydroxyl groups is 1. The van der Waals surface area contributed by atoms with Crippen molar-refractivity contribution in [3.8, 4) is 0 Å². The lowest BCUT2D eigenvalue weighted by Gasteiger charge is -2.26. The fourth-order valence-corrected chi connectivity index (χ4v) is 1.77. The van der Waals surface area contributed by atoms with Gasteiger partial charge < -0.3 is 9.84 Å². The predicted molar refractivity (Wildman–Crippen MR) is 65.7 cm³/mol. The summed E-state index contributed by atoms with van der Waals surface area (Å²) in [6.45, 7) is 5.02. The minimum absolute atomic E-state index is 0.0476. The van der Waals surface area contributed by atoms with Crippen molar-refractivity contribution in [2.45, 2.75) is 39.2 Å². The van der Waals surface area contributed by atoms with Crippen LogP contribution in [-0.4, -0.2) is 53.7 Å². The number of hydrogen-bond acceptors (Lipinski definition) is 5. The second-order valence-electron chi connectivity index (χ2n) is 4.89. The maximum atomic E-state index is 11.7. The predicted octanol–water partition coefficient (Wildman–Crippen LogP) is 0.841. The molecule has 0 atom stereocenters. The molecule has 0 radical (unpaired) electrons. The normalized spacial score (nSPS) is 12.3. The minimum atomic E-state index is -4.30. The minimum Gasteiger partial charge on any atom is -0.444 e. The summed E-state index contributed by atoms with van der Waals surface area (Å²) in [4.78, 5) is 12.6. The molecule has 108 valence electrons. The Morgan fingerprint density at radius 1 is 1.28 bits per heavy atom. The van der Waals surface area contributed by atoms with Gasteiger partial charge >= 0.3 is 6.09 Å². The van der Waals surface area contributed by atoms with Gasteiger partial charge in [0.25, 0.3) is 10.1 Å². The number of hydrogen-bond donors (Lipinski definition) is 2. The van der Waals surface area contributed by atoms with Crippen molar-refractivity contribution in [1.82, 2.24) is 4.90 Å². The lowest BCUT2D eigenvalue weighted by molar-refractivity contribution is 0.0274. The Balaban J connectivity index is 4.59. The summed E-state index contributed by atoms with van der Waals surface area (Å²) in [6.07, 6.45) is 0.0498. The zero-order valence-corrected chi connectivity index (χ0v) is 11.7. The highest BCUT2D eigenvalue weighted by Gasteiger charge is 2.25. The summed E-state index contributed by atoms with van der Waals surface area (Å²) in [5.41, 5.74) is -0.745. The van der Waals surface area contributed by atoms with E-state index in [1.165, 1.54) is 0 Å². The van der Waals surface area contributed by atoms with Crippen LogP contribution in [0, 0.1) is 0 Å². The number of rotatable bonds is 6. The van der Waals surface area contributed by atoms with Gasteiger partial charge in [0.05, 0.1) is 0 Å². The fourth-order valence-electron chi connectivity index (χ4n) is 1.15. The van der Waals surface area contributed by atoms with Crippen molar-refractivity contribution in [3.05, 3.63) is 0 Å². The molecule has 18 heavy (non-hydrogen) atoms. The Morgan fingerprint density at radius 3 is 2.22 bits per heavy atom. The average Bonchev–Trinajstić information content (AvgIpc) is 2.11. The van der Waals surface area contributed by atoms with Gasteiger partial charge in [0.1, 0.15) is 5.60 Å². The Kier molecular flexibility index (Phi) is 6.58. The van der Waals surface area contributed by atoms with Gasteiger partial charge in [0.2, 0.25) is 0 Å². The molecule has 2 N–H and O–H groups in total. The van der Waals surface area contributed by atoms with Crippen LogP contribution >= 0.6 is 0 Å². The van der Waals surface area contributed by atoms with E-state index in [-0.39, 0.29) is 13.2 Å². The number of amides is 1. The van der Waals surface area contributed by atoms with Gasteiger partial charge in [-0.15, -0.1) is 0 Å². The molecule has 0 aromatic carbocycles. The summed E-state index contributed by atoms with van der Waals surface area (Å²) < 4.78 is 35.4. The molecule has 0 spiro atoms. The van der Waals surface area contributed by atoms with Crippen molar-refractivity contribution in [1.29, 1.82) is 0 Å². The van der Waals surface area contributed by atoms with Crippen molar-refractivity contribution in [2.24, 2.45) is 0 Å². The zero-order chi connectivity index (χ0) is 14.4. The Morgan fingerprint density at radius 2 is 1.83 bits per heavy atom.